The van der Waals surface area contributed by atoms with Gasteiger partial charge >= 0.3 is 0 Å². The predicted molar refractivity (Wildman–Crippen MR) is 98.5 cm³/mol. The van der Waals surface area contributed by atoms with Gasteiger partial charge in [0.2, 0.25) is 5.91 Å². The van der Waals surface area contributed by atoms with Crippen molar-refractivity contribution in [3.63, 3.8) is 0 Å². The molecule has 1 saturated heterocycles. The van der Waals surface area contributed by atoms with Crippen LogP contribution in [0.5, 0.6) is 0 Å². The van der Waals surface area contributed by atoms with E-state index in [0.717, 1.165) is 30.6 Å². The Kier molecular flexibility index (Phi) is 4.96. The van der Waals surface area contributed by atoms with Gasteiger partial charge in [0.15, 0.2) is 4.84 Å². The van der Waals surface area contributed by atoms with E-state index in [1.165, 1.54) is 38.5 Å². The van der Waals surface area contributed by atoms with Gasteiger partial charge in [0.25, 0.3) is 5.91 Å². The zero-order valence-corrected chi connectivity index (χ0v) is 16.2. The van der Waals surface area contributed by atoms with Crippen molar-refractivity contribution < 1.29 is 9.59 Å². The van der Waals surface area contributed by atoms with Crippen LogP contribution in [0.4, 0.5) is 0 Å². The van der Waals surface area contributed by atoms with Gasteiger partial charge in [-0.25, -0.2) is 0 Å². The Hall–Kier alpha value is -0.480. The van der Waals surface area contributed by atoms with Gasteiger partial charge in [0, 0.05) is 25.6 Å². The lowest BCUT2D eigenvalue weighted by atomic mass is 9.49. The molecule has 2 amide bonds. The van der Waals surface area contributed by atoms with Gasteiger partial charge in [-0.15, -0.1) is 0 Å². The van der Waals surface area contributed by atoms with Crippen molar-refractivity contribution in [2.75, 3.05) is 13.1 Å². The van der Waals surface area contributed by atoms with Crippen molar-refractivity contribution >= 4 is 35.0 Å². The smallest absolute Gasteiger partial charge is 0.255 e. The van der Waals surface area contributed by atoms with Gasteiger partial charge in [-0.3, -0.25) is 9.59 Å². The molecule has 6 heteroatoms. The molecule has 25 heavy (non-hydrogen) atoms. The number of carbonyl (C=O) groups excluding carboxylic acids is 2. The van der Waals surface area contributed by atoms with E-state index in [9.17, 15) is 9.59 Å². The van der Waals surface area contributed by atoms with E-state index in [0.29, 0.717) is 24.9 Å². The number of rotatable bonds is 4. The summed E-state index contributed by atoms with van der Waals surface area (Å²) in [5.41, 5.74) is 0.292. The molecule has 5 fully saturated rings. The molecule has 4 bridgehead atoms. The number of likely N-dealkylation sites (tertiary alicyclic amines) is 1. The van der Waals surface area contributed by atoms with E-state index in [2.05, 4.69) is 5.32 Å². The molecule has 1 heterocycles. The van der Waals surface area contributed by atoms with E-state index in [-0.39, 0.29) is 17.9 Å². The Morgan fingerprint density at radius 3 is 2.00 bits per heavy atom. The van der Waals surface area contributed by atoms with Gasteiger partial charge in [0.1, 0.15) is 0 Å². The fourth-order valence-corrected chi connectivity index (χ4v) is 6.78. The first kappa shape index (κ1) is 17.9. The Labute approximate surface area is 160 Å². The molecule has 4 nitrogen and oxygen atoms in total. The summed E-state index contributed by atoms with van der Waals surface area (Å²) in [5.74, 6) is 2.65. The monoisotopic (exact) mass is 386 g/mol. The molecular weight excluding hydrogens is 359 g/mol. The minimum atomic E-state index is -0.984. The summed E-state index contributed by atoms with van der Waals surface area (Å²) in [6.45, 7) is 1.24. The Morgan fingerprint density at radius 1 is 1.00 bits per heavy atom. The minimum absolute atomic E-state index is 0.176. The Balaban J connectivity index is 1.27. The molecular formula is C19H28Cl2N2O2. The highest BCUT2D eigenvalue weighted by Crippen LogP contribution is 2.61. The second kappa shape index (κ2) is 6.92. The zero-order valence-electron chi connectivity index (χ0n) is 14.7. The molecule has 4 aliphatic carbocycles. The highest BCUT2D eigenvalue weighted by atomic mass is 35.5. The van der Waals surface area contributed by atoms with Crippen LogP contribution in [-0.4, -0.2) is 40.7 Å². The number of piperidine rings is 1. The number of nitrogens with zero attached hydrogens (tertiary/aromatic N) is 1. The van der Waals surface area contributed by atoms with Crippen molar-refractivity contribution in [2.45, 2.75) is 68.7 Å². The molecule has 0 atom stereocenters. The molecule has 5 aliphatic rings. The second-order valence-corrected chi connectivity index (χ2v) is 10.2. The van der Waals surface area contributed by atoms with Crippen LogP contribution in [-0.2, 0) is 9.59 Å². The van der Waals surface area contributed by atoms with Crippen LogP contribution < -0.4 is 5.32 Å². The van der Waals surface area contributed by atoms with Crippen LogP contribution in [0.3, 0.4) is 0 Å². The lowest BCUT2D eigenvalue weighted by Gasteiger charge is -2.56. The average molecular weight is 387 g/mol. The lowest BCUT2D eigenvalue weighted by Crippen LogP contribution is -2.51. The number of alkyl halides is 2. The third-order valence-electron chi connectivity index (χ3n) is 7.06. The summed E-state index contributed by atoms with van der Waals surface area (Å²) in [6, 6.07) is 0.176. The van der Waals surface area contributed by atoms with Crippen LogP contribution in [0.15, 0.2) is 0 Å². The number of carbonyl (C=O) groups is 2. The standard InChI is InChI=1S/C19H28Cl2N2O2/c20-17(21)18(25)23-3-1-15(2-4-23)22-16(24)11-19-8-12-5-13(9-19)7-14(6-12)10-19/h12-15,17H,1-11H2,(H,22,24). The number of hydrogen-bond acceptors (Lipinski definition) is 2. The maximum atomic E-state index is 12.7. The van der Waals surface area contributed by atoms with Crippen molar-refractivity contribution in [3.05, 3.63) is 0 Å². The average Bonchev–Trinajstić information content (AvgIpc) is 2.52. The molecule has 1 N–H and O–H groups in total. The Morgan fingerprint density at radius 2 is 1.52 bits per heavy atom. The molecule has 140 valence electrons. The third-order valence-corrected chi connectivity index (χ3v) is 7.43. The molecule has 0 aromatic heterocycles. The first-order chi connectivity index (χ1) is 11.9. The van der Waals surface area contributed by atoms with E-state index < -0.39 is 4.84 Å². The van der Waals surface area contributed by atoms with Crippen molar-refractivity contribution in [2.24, 2.45) is 23.2 Å². The fourth-order valence-electron chi connectivity index (χ4n) is 6.51. The summed E-state index contributed by atoms with van der Waals surface area (Å²) < 4.78 is 0. The normalized spacial score (nSPS) is 37.6. The molecule has 0 unspecified atom stereocenters. The van der Waals surface area contributed by atoms with Crippen LogP contribution in [0.1, 0.15) is 57.8 Å². The first-order valence-electron chi connectivity index (χ1n) is 9.79. The number of hydrogen-bond donors (Lipinski definition) is 1. The van der Waals surface area contributed by atoms with Gasteiger partial charge in [-0.2, -0.15) is 0 Å². The molecule has 1 aliphatic heterocycles. The molecule has 4 saturated carbocycles. The van der Waals surface area contributed by atoms with E-state index in [4.69, 9.17) is 23.2 Å². The topological polar surface area (TPSA) is 49.4 Å². The highest BCUT2D eigenvalue weighted by Gasteiger charge is 2.51. The van der Waals surface area contributed by atoms with Gasteiger partial charge in [-0.05, 0) is 74.5 Å². The second-order valence-electron chi connectivity index (χ2n) is 9.06. The largest absolute Gasteiger partial charge is 0.353 e. The van der Waals surface area contributed by atoms with E-state index in [1.54, 1.807) is 4.90 Å². The fraction of sp³-hybridized carbons (Fsp3) is 0.895. The first-order valence-corrected chi connectivity index (χ1v) is 10.7. The van der Waals surface area contributed by atoms with Gasteiger partial charge in [0.05, 0.1) is 0 Å². The molecule has 0 aromatic carbocycles. The van der Waals surface area contributed by atoms with Crippen LogP contribution in [0, 0.1) is 23.2 Å². The van der Waals surface area contributed by atoms with E-state index >= 15 is 0 Å². The zero-order chi connectivity index (χ0) is 17.6. The Bertz CT molecular complexity index is 508. The molecule has 5 rings (SSSR count). The quantitative estimate of drug-likeness (QED) is 0.751. The lowest BCUT2D eigenvalue weighted by molar-refractivity contribution is -0.131. The number of amides is 2. The number of halogens is 2. The predicted octanol–water partition coefficient (Wildman–Crippen LogP) is 3.50. The summed E-state index contributed by atoms with van der Waals surface area (Å²) in [5, 5.41) is 3.24. The maximum absolute atomic E-state index is 12.7. The third kappa shape index (κ3) is 3.80. The van der Waals surface area contributed by atoms with Crippen molar-refractivity contribution in [1.29, 1.82) is 0 Å². The van der Waals surface area contributed by atoms with Crippen molar-refractivity contribution in [3.8, 4) is 0 Å². The van der Waals surface area contributed by atoms with Crippen LogP contribution in [0.2, 0.25) is 0 Å². The van der Waals surface area contributed by atoms with Crippen molar-refractivity contribution in [1.82, 2.24) is 10.2 Å². The summed E-state index contributed by atoms with van der Waals surface area (Å²) in [4.78, 5) is 25.2. The highest BCUT2D eigenvalue weighted by molar-refractivity contribution is 6.53. The van der Waals surface area contributed by atoms with E-state index in [1.807, 2.05) is 0 Å². The molecule has 0 radical (unpaired) electrons. The van der Waals surface area contributed by atoms with Gasteiger partial charge < -0.3 is 10.2 Å². The molecule has 0 aromatic rings. The maximum Gasteiger partial charge on any atom is 0.255 e. The van der Waals surface area contributed by atoms with Crippen LogP contribution >= 0.6 is 23.2 Å². The van der Waals surface area contributed by atoms with Crippen LogP contribution in [0.25, 0.3) is 0 Å². The number of nitrogens with one attached hydrogen (secondary N) is 1. The van der Waals surface area contributed by atoms with Gasteiger partial charge in [-0.1, -0.05) is 23.2 Å². The summed E-state index contributed by atoms with van der Waals surface area (Å²) >= 11 is 11.3. The summed E-state index contributed by atoms with van der Waals surface area (Å²) in [6.07, 6.45) is 10.3. The molecule has 0 spiro atoms. The SMILES string of the molecule is O=C(CC12CC3CC(CC(C3)C1)C2)NC1CCN(C(=O)C(Cl)Cl)CC1. The minimum Gasteiger partial charge on any atom is -0.353 e. The summed E-state index contributed by atoms with van der Waals surface area (Å²) in [7, 11) is 0.